The molecular formula is C21H17ClN4O3S. The number of rotatable bonds is 4. The Bertz CT molecular complexity index is 1330. The normalized spacial score (nSPS) is 17.6. The summed E-state index contributed by atoms with van der Waals surface area (Å²) in [6.45, 7) is 0.379. The first-order valence-corrected chi connectivity index (χ1v) is 11.3. The van der Waals surface area contributed by atoms with Crippen LogP contribution in [0.5, 0.6) is 0 Å². The lowest BCUT2D eigenvalue weighted by Gasteiger charge is -2.21. The van der Waals surface area contributed by atoms with Crippen LogP contribution in [0.4, 0.5) is 0 Å². The quantitative estimate of drug-likeness (QED) is 0.465. The summed E-state index contributed by atoms with van der Waals surface area (Å²) < 4.78 is 33.7. The van der Waals surface area contributed by atoms with E-state index in [0.29, 0.717) is 30.1 Å². The van der Waals surface area contributed by atoms with Crippen molar-refractivity contribution in [1.29, 1.82) is 0 Å². The van der Waals surface area contributed by atoms with Gasteiger partial charge in [0.1, 0.15) is 11.7 Å². The Balaban J connectivity index is 1.51. The van der Waals surface area contributed by atoms with Gasteiger partial charge in [0, 0.05) is 23.2 Å². The third-order valence-electron chi connectivity index (χ3n) is 5.21. The number of hydrogen-bond acceptors (Lipinski definition) is 6. The highest BCUT2D eigenvalue weighted by Gasteiger charge is 2.39. The molecule has 2 aromatic carbocycles. The van der Waals surface area contributed by atoms with Gasteiger partial charge in [0.25, 0.3) is 5.89 Å². The van der Waals surface area contributed by atoms with E-state index in [9.17, 15) is 8.42 Å². The predicted molar refractivity (Wildman–Crippen MR) is 112 cm³/mol. The Morgan fingerprint density at radius 3 is 2.80 bits per heavy atom. The summed E-state index contributed by atoms with van der Waals surface area (Å²) in [6, 6.07) is 15.4. The summed E-state index contributed by atoms with van der Waals surface area (Å²) in [5.74, 6) is 0.539. The third kappa shape index (κ3) is 3.27. The molecule has 5 rings (SSSR count). The van der Waals surface area contributed by atoms with E-state index in [4.69, 9.17) is 16.0 Å². The topological polar surface area (TPSA) is 89.2 Å². The molecule has 0 radical (unpaired) electrons. The van der Waals surface area contributed by atoms with Crippen molar-refractivity contribution in [2.24, 2.45) is 0 Å². The highest BCUT2D eigenvalue weighted by Crippen LogP contribution is 2.37. The molecule has 9 heteroatoms. The number of sulfonamides is 1. The van der Waals surface area contributed by atoms with E-state index in [0.717, 1.165) is 10.8 Å². The molecule has 0 aliphatic carbocycles. The molecule has 1 fully saturated rings. The zero-order chi connectivity index (χ0) is 20.7. The van der Waals surface area contributed by atoms with E-state index in [1.54, 1.807) is 18.3 Å². The summed E-state index contributed by atoms with van der Waals surface area (Å²) >= 11 is 6.00. The molecule has 0 amide bonds. The zero-order valence-electron chi connectivity index (χ0n) is 15.8. The average Bonchev–Trinajstić information content (AvgIpc) is 3.43. The number of pyridine rings is 1. The largest absolute Gasteiger partial charge is 0.417 e. The van der Waals surface area contributed by atoms with Gasteiger partial charge in [-0.05, 0) is 42.5 Å². The zero-order valence-corrected chi connectivity index (χ0v) is 17.3. The molecular weight excluding hydrogens is 424 g/mol. The van der Waals surface area contributed by atoms with Crippen LogP contribution in [0.1, 0.15) is 24.8 Å². The van der Waals surface area contributed by atoms with Crippen LogP contribution < -0.4 is 0 Å². The van der Waals surface area contributed by atoms with Gasteiger partial charge in [-0.25, -0.2) is 8.42 Å². The SMILES string of the molecule is O=S(=O)(c1cccc(Cl)c1)N1CCC[C@@H]1c1nnc(-c2nccc3ccccc23)o1. The molecule has 1 atom stereocenters. The maximum atomic E-state index is 13.2. The van der Waals surface area contributed by atoms with E-state index in [1.165, 1.54) is 16.4 Å². The monoisotopic (exact) mass is 440 g/mol. The summed E-state index contributed by atoms with van der Waals surface area (Å²) in [6.07, 6.45) is 2.99. The van der Waals surface area contributed by atoms with E-state index < -0.39 is 16.1 Å². The van der Waals surface area contributed by atoms with Gasteiger partial charge in [-0.15, -0.1) is 10.2 Å². The molecule has 1 aliphatic rings. The predicted octanol–water partition coefficient (Wildman–Crippen LogP) is 4.46. The minimum atomic E-state index is -3.74. The highest BCUT2D eigenvalue weighted by atomic mass is 35.5. The molecule has 0 unspecified atom stereocenters. The molecule has 2 aromatic heterocycles. The highest BCUT2D eigenvalue weighted by molar-refractivity contribution is 7.89. The smallest absolute Gasteiger partial charge is 0.266 e. The van der Waals surface area contributed by atoms with Crippen molar-refractivity contribution >= 4 is 32.4 Å². The van der Waals surface area contributed by atoms with Crippen LogP contribution in [0.25, 0.3) is 22.4 Å². The summed E-state index contributed by atoms with van der Waals surface area (Å²) in [5, 5.41) is 10.6. The van der Waals surface area contributed by atoms with Crippen molar-refractivity contribution in [2.75, 3.05) is 6.54 Å². The Kier molecular flexibility index (Phi) is 4.77. The minimum absolute atomic E-state index is 0.150. The van der Waals surface area contributed by atoms with E-state index in [-0.39, 0.29) is 16.7 Å². The van der Waals surface area contributed by atoms with Gasteiger partial charge < -0.3 is 4.42 Å². The van der Waals surface area contributed by atoms with Gasteiger partial charge in [-0.3, -0.25) is 4.98 Å². The Hall–Kier alpha value is -2.81. The van der Waals surface area contributed by atoms with E-state index >= 15 is 0 Å². The van der Waals surface area contributed by atoms with Crippen LogP contribution in [-0.2, 0) is 10.0 Å². The van der Waals surface area contributed by atoms with Crippen molar-refractivity contribution in [3.63, 3.8) is 0 Å². The van der Waals surface area contributed by atoms with Crippen molar-refractivity contribution in [3.05, 3.63) is 71.7 Å². The first-order valence-electron chi connectivity index (χ1n) is 9.49. The molecule has 152 valence electrons. The molecule has 30 heavy (non-hydrogen) atoms. The number of benzene rings is 2. The number of hydrogen-bond donors (Lipinski definition) is 0. The summed E-state index contributed by atoms with van der Waals surface area (Å²) in [7, 11) is -3.74. The van der Waals surface area contributed by atoms with Crippen LogP contribution in [0, 0.1) is 0 Å². The maximum absolute atomic E-state index is 13.2. The lowest BCUT2D eigenvalue weighted by Crippen LogP contribution is -2.30. The maximum Gasteiger partial charge on any atom is 0.266 e. The molecule has 0 bridgehead atoms. The van der Waals surface area contributed by atoms with Crippen molar-refractivity contribution in [2.45, 2.75) is 23.8 Å². The van der Waals surface area contributed by atoms with Gasteiger partial charge in [0.05, 0.1) is 4.90 Å². The average molecular weight is 441 g/mol. The first-order chi connectivity index (χ1) is 14.5. The Morgan fingerprint density at radius 1 is 1.07 bits per heavy atom. The molecule has 1 aliphatic heterocycles. The van der Waals surface area contributed by atoms with E-state index in [1.807, 2.05) is 30.3 Å². The van der Waals surface area contributed by atoms with Crippen LogP contribution in [0.15, 0.2) is 70.1 Å². The van der Waals surface area contributed by atoms with Gasteiger partial charge in [0.15, 0.2) is 0 Å². The van der Waals surface area contributed by atoms with Crippen LogP contribution in [-0.4, -0.2) is 34.4 Å². The van der Waals surface area contributed by atoms with Gasteiger partial charge in [0.2, 0.25) is 15.9 Å². The fourth-order valence-corrected chi connectivity index (χ4v) is 5.74. The number of fused-ring (bicyclic) bond motifs is 1. The van der Waals surface area contributed by atoms with Crippen LogP contribution >= 0.6 is 11.6 Å². The molecule has 1 saturated heterocycles. The molecule has 0 N–H and O–H groups in total. The lowest BCUT2D eigenvalue weighted by molar-refractivity contribution is 0.332. The third-order valence-corrected chi connectivity index (χ3v) is 7.35. The fraction of sp³-hybridized carbons (Fsp3) is 0.190. The van der Waals surface area contributed by atoms with Gasteiger partial charge >= 0.3 is 0 Å². The molecule has 0 saturated carbocycles. The number of halogens is 1. The van der Waals surface area contributed by atoms with Gasteiger partial charge in [-0.1, -0.05) is 41.9 Å². The second-order valence-electron chi connectivity index (χ2n) is 7.06. The molecule has 3 heterocycles. The second-order valence-corrected chi connectivity index (χ2v) is 9.38. The van der Waals surface area contributed by atoms with Gasteiger partial charge in [-0.2, -0.15) is 4.31 Å². The van der Waals surface area contributed by atoms with Crippen LogP contribution in [0.2, 0.25) is 5.02 Å². The summed E-state index contributed by atoms with van der Waals surface area (Å²) in [5.41, 5.74) is 0.578. The lowest BCUT2D eigenvalue weighted by atomic mass is 10.1. The molecule has 7 nitrogen and oxygen atoms in total. The van der Waals surface area contributed by atoms with Crippen molar-refractivity contribution in [1.82, 2.24) is 19.5 Å². The van der Waals surface area contributed by atoms with Crippen LogP contribution in [0.3, 0.4) is 0 Å². The minimum Gasteiger partial charge on any atom is -0.417 e. The number of aromatic nitrogens is 3. The summed E-state index contributed by atoms with van der Waals surface area (Å²) in [4.78, 5) is 4.55. The van der Waals surface area contributed by atoms with Crippen molar-refractivity contribution < 1.29 is 12.8 Å². The first kappa shape index (κ1) is 19.2. The fourth-order valence-electron chi connectivity index (χ4n) is 3.79. The van der Waals surface area contributed by atoms with Crippen molar-refractivity contribution in [3.8, 4) is 11.6 Å². The molecule has 0 spiro atoms. The second kappa shape index (κ2) is 7.46. The Morgan fingerprint density at radius 2 is 1.93 bits per heavy atom. The number of nitrogens with zero attached hydrogens (tertiary/aromatic N) is 4. The molecule has 4 aromatic rings. The Labute approximate surface area is 178 Å². The standard InChI is InChI=1S/C21H17ClN4O3S/c22-15-6-3-7-16(13-15)30(27,28)26-12-4-9-18(26)20-24-25-21(29-20)19-17-8-2-1-5-14(17)10-11-23-19/h1-3,5-8,10-11,13,18H,4,9,12H2/t18-/m1/s1. The van der Waals surface area contributed by atoms with E-state index in [2.05, 4.69) is 15.2 Å².